The van der Waals surface area contributed by atoms with Gasteiger partial charge < -0.3 is 10.1 Å². The predicted molar refractivity (Wildman–Crippen MR) is 136 cm³/mol. The summed E-state index contributed by atoms with van der Waals surface area (Å²) < 4.78 is 6.41. The molecule has 1 N–H and O–H groups in total. The minimum Gasteiger partial charge on any atom is -0.462 e. The Labute approximate surface area is 204 Å². The SMILES string of the molecule is CCOC(=O)c1c(NC(=O)Cn2nc(-c3ccc(C)s3)ccc2=O)sc(C)c1-c1ccccc1. The Balaban J connectivity index is 1.64. The topological polar surface area (TPSA) is 90.3 Å². The van der Waals surface area contributed by atoms with E-state index in [9.17, 15) is 14.4 Å². The van der Waals surface area contributed by atoms with Crippen molar-refractivity contribution in [2.45, 2.75) is 27.3 Å². The number of esters is 1. The number of nitrogens with one attached hydrogen (secondary N) is 1. The van der Waals surface area contributed by atoms with Crippen LogP contribution in [0.5, 0.6) is 0 Å². The summed E-state index contributed by atoms with van der Waals surface area (Å²) in [5.74, 6) is -0.966. The van der Waals surface area contributed by atoms with Gasteiger partial charge in [0.2, 0.25) is 5.91 Å². The average molecular weight is 494 g/mol. The van der Waals surface area contributed by atoms with Gasteiger partial charge in [0.15, 0.2) is 0 Å². The number of hydrogen-bond donors (Lipinski definition) is 1. The molecule has 0 bridgehead atoms. The molecule has 4 rings (SSSR count). The van der Waals surface area contributed by atoms with Crippen LogP contribution >= 0.6 is 22.7 Å². The van der Waals surface area contributed by atoms with Crippen LogP contribution in [0.25, 0.3) is 21.7 Å². The van der Waals surface area contributed by atoms with Gasteiger partial charge in [0, 0.05) is 21.4 Å². The highest BCUT2D eigenvalue weighted by Gasteiger charge is 2.25. The molecular weight excluding hydrogens is 470 g/mol. The summed E-state index contributed by atoms with van der Waals surface area (Å²) in [6.45, 7) is 5.55. The summed E-state index contributed by atoms with van der Waals surface area (Å²) in [4.78, 5) is 41.0. The third kappa shape index (κ3) is 5.00. The van der Waals surface area contributed by atoms with Crippen molar-refractivity contribution in [2.75, 3.05) is 11.9 Å². The summed E-state index contributed by atoms with van der Waals surface area (Å²) in [7, 11) is 0. The Morgan fingerprint density at radius 1 is 1.03 bits per heavy atom. The Bertz CT molecular complexity index is 1400. The van der Waals surface area contributed by atoms with Gasteiger partial charge in [-0.2, -0.15) is 5.10 Å². The lowest BCUT2D eigenvalue weighted by Gasteiger charge is -2.10. The molecule has 1 amide bonds. The van der Waals surface area contributed by atoms with Crippen LogP contribution in [-0.4, -0.2) is 28.3 Å². The second-order valence-electron chi connectivity index (χ2n) is 7.50. The minimum atomic E-state index is -0.508. The number of aryl methyl sites for hydroxylation is 2. The highest BCUT2D eigenvalue weighted by atomic mass is 32.1. The van der Waals surface area contributed by atoms with Crippen molar-refractivity contribution in [3.63, 3.8) is 0 Å². The number of amides is 1. The summed E-state index contributed by atoms with van der Waals surface area (Å²) in [5.41, 5.74) is 2.13. The second kappa shape index (κ2) is 10.1. The lowest BCUT2D eigenvalue weighted by Crippen LogP contribution is -2.29. The number of carbonyl (C=O) groups is 2. The van der Waals surface area contributed by atoms with Gasteiger partial charge in [0.1, 0.15) is 22.8 Å². The summed E-state index contributed by atoms with van der Waals surface area (Å²) in [5, 5.41) is 7.55. The van der Waals surface area contributed by atoms with Crippen LogP contribution in [0.1, 0.15) is 27.0 Å². The van der Waals surface area contributed by atoms with E-state index >= 15 is 0 Å². The molecular formula is C25H23N3O4S2. The van der Waals surface area contributed by atoms with Gasteiger partial charge in [-0.05, 0) is 44.5 Å². The zero-order chi connectivity index (χ0) is 24.2. The van der Waals surface area contributed by atoms with E-state index in [-0.39, 0.29) is 18.7 Å². The Hall–Kier alpha value is -3.56. The predicted octanol–water partition coefficient (Wildman–Crippen LogP) is 5.13. The number of hydrogen-bond acceptors (Lipinski definition) is 7. The molecule has 34 heavy (non-hydrogen) atoms. The molecule has 9 heteroatoms. The molecule has 174 valence electrons. The smallest absolute Gasteiger partial charge is 0.341 e. The minimum absolute atomic E-state index is 0.212. The van der Waals surface area contributed by atoms with E-state index in [1.807, 2.05) is 56.3 Å². The Morgan fingerprint density at radius 2 is 1.79 bits per heavy atom. The molecule has 0 atom stereocenters. The zero-order valence-electron chi connectivity index (χ0n) is 19.0. The number of nitrogens with zero attached hydrogens (tertiary/aromatic N) is 2. The number of carbonyl (C=O) groups excluding carboxylic acids is 2. The largest absolute Gasteiger partial charge is 0.462 e. The Morgan fingerprint density at radius 3 is 2.47 bits per heavy atom. The lowest BCUT2D eigenvalue weighted by atomic mass is 10.0. The molecule has 3 heterocycles. The molecule has 0 saturated carbocycles. The fraction of sp³-hybridized carbons (Fsp3) is 0.200. The third-order valence-corrected chi connectivity index (χ3v) is 7.08. The molecule has 0 fully saturated rings. The molecule has 3 aromatic heterocycles. The van der Waals surface area contributed by atoms with Crippen molar-refractivity contribution >= 4 is 39.6 Å². The maximum absolute atomic E-state index is 12.9. The molecule has 0 radical (unpaired) electrons. The fourth-order valence-corrected chi connectivity index (χ4v) is 5.46. The summed E-state index contributed by atoms with van der Waals surface area (Å²) >= 11 is 2.86. The maximum Gasteiger partial charge on any atom is 0.341 e. The van der Waals surface area contributed by atoms with Gasteiger partial charge in [0.25, 0.3) is 5.56 Å². The molecule has 0 unspecified atom stereocenters. The highest BCUT2D eigenvalue weighted by Crippen LogP contribution is 2.40. The number of ether oxygens (including phenoxy) is 1. The monoisotopic (exact) mass is 493 g/mol. The van der Waals surface area contributed by atoms with Crippen LogP contribution in [0.4, 0.5) is 5.00 Å². The van der Waals surface area contributed by atoms with Crippen molar-refractivity contribution in [2.24, 2.45) is 0 Å². The first kappa shape index (κ1) is 23.6. The third-order valence-electron chi connectivity index (χ3n) is 5.03. The quantitative estimate of drug-likeness (QED) is 0.360. The van der Waals surface area contributed by atoms with Gasteiger partial charge in [-0.1, -0.05) is 30.3 Å². The number of aromatic nitrogens is 2. The van der Waals surface area contributed by atoms with Crippen LogP contribution in [0, 0.1) is 13.8 Å². The van der Waals surface area contributed by atoms with Gasteiger partial charge in [-0.3, -0.25) is 9.59 Å². The van der Waals surface area contributed by atoms with Crippen LogP contribution in [0.2, 0.25) is 0 Å². The lowest BCUT2D eigenvalue weighted by molar-refractivity contribution is -0.116. The van der Waals surface area contributed by atoms with Crippen molar-refractivity contribution in [3.05, 3.63) is 80.3 Å². The number of thiophene rings is 2. The van der Waals surface area contributed by atoms with E-state index in [4.69, 9.17) is 4.74 Å². The molecule has 1 aromatic carbocycles. The van der Waals surface area contributed by atoms with Gasteiger partial charge in [-0.25, -0.2) is 9.48 Å². The number of rotatable bonds is 7. The van der Waals surface area contributed by atoms with Crippen molar-refractivity contribution in [1.82, 2.24) is 9.78 Å². The van der Waals surface area contributed by atoms with Crippen molar-refractivity contribution in [1.29, 1.82) is 0 Å². The van der Waals surface area contributed by atoms with Gasteiger partial charge in [-0.15, -0.1) is 22.7 Å². The van der Waals surface area contributed by atoms with E-state index in [2.05, 4.69) is 10.4 Å². The standard InChI is InChI=1S/C25H23N3O4S2/c1-4-32-25(31)23-22(17-8-6-5-7-9-17)16(3)34-24(23)26-20(29)14-28-21(30)13-11-18(27-28)19-12-10-15(2)33-19/h5-13H,4,14H2,1-3H3,(H,26,29). The van der Waals surface area contributed by atoms with E-state index in [0.717, 1.165) is 30.4 Å². The van der Waals surface area contributed by atoms with Crippen LogP contribution < -0.4 is 10.9 Å². The van der Waals surface area contributed by atoms with Crippen LogP contribution in [-0.2, 0) is 16.1 Å². The van der Waals surface area contributed by atoms with E-state index < -0.39 is 11.9 Å². The second-order valence-corrected chi connectivity index (χ2v) is 10.0. The summed E-state index contributed by atoms with van der Waals surface area (Å²) in [6, 6.07) is 16.4. The first-order valence-electron chi connectivity index (χ1n) is 10.7. The van der Waals surface area contributed by atoms with Crippen molar-refractivity contribution < 1.29 is 14.3 Å². The van der Waals surface area contributed by atoms with E-state index in [1.165, 1.54) is 17.4 Å². The maximum atomic E-state index is 12.9. The van der Waals surface area contributed by atoms with E-state index in [0.29, 0.717) is 16.3 Å². The molecule has 0 saturated heterocycles. The highest BCUT2D eigenvalue weighted by molar-refractivity contribution is 7.17. The molecule has 0 spiro atoms. The number of anilines is 1. The zero-order valence-corrected chi connectivity index (χ0v) is 20.6. The molecule has 0 aliphatic heterocycles. The fourth-order valence-electron chi connectivity index (χ4n) is 3.55. The van der Waals surface area contributed by atoms with E-state index in [1.54, 1.807) is 24.3 Å². The first-order chi connectivity index (χ1) is 16.4. The normalized spacial score (nSPS) is 10.8. The van der Waals surface area contributed by atoms with Gasteiger partial charge >= 0.3 is 5.97 Å². The number of benzene rings is 1. The first-order valence-corrected chi connectivity index (χ1v) is 12.3. The molecule has 7 nitrogen and oxygen atoms in total. The van der Waals surface area contributed by atoms with Crippen molar-refractivity contribution in [3.8, 4) is 21.7 Å². The molecule has 4 aromatic rings. The Kier molecular flexibility index (Phi) is 7.04. The van der Waals surface area contributed by atoms with Gasteiger partial charge in [0.05, 0.1) is 11.5 Å². The van der Waals surface area contributed by atoms with Crippen LogP contribution in [0.15, 0.2) is 59.4 Å². The van der Waals surface area contributed by atoms with Crippen LogP contribution in [0.3, 0.4) is 0 Å². The molecule has 0 aliphatic rings. The molecule has 0 aliphatic carbocycles. The summed E-state index contributed by atoms with van der Waals surface area (Å²) in [6.07, 6.45) is 0. The average Bonchev–Trinajstić information content (AvgIpc) is 3.38.